The lowest BCUT2D eigenvalue weighted by atomic mass is 10.3. The third-order valence-corrected chi connectivity index (χ3v) is 5.49. The van der Waals surface area contributed by atoms with Gasteiger partial charge in [-0.05, 0) is 97.1 Å². The Hall–Kier alpha value is -3.57. The second-order valence-corrected chi connectivity index (χ2v) is 7.75. The molecule has 0 aliphatic carbocycles. The van der Waals surface area contributed by atoms with Crippen molar-refractivity contribution in [2.75, 3.05) is 14.2 Å². The van der Waals surface area contributed by atoms with Crippen molar-refractivity contribution in [3.05, 3.63) is 97.1 Å². The van der Waals surface area contributed by atoms with Crippen LogP contribution in [0.1, 0.15) is 0 Å². The quantitative estimate of drug-likeness (QED) is 0.290. The molecule has 0 heterocycles. The summed E-state index contributed by atoms with van der Waals surface area (Å²) in [6, 6.07) is 31.1. The lowest BCUT2D eigenvalue weighted by Gasteiger charge is -2.09. The molecule has 4 aromatic carbocycles. The van der Waals surface area contributed by atoms with Crippen LogP contribution in [0, 0.1) is 0 Å². The van der Waals surface area contributed by atoms with Gasteiger partial charge in [-0.15, -0.1) is 0 Å². The van der Waals surface area contributed by atoms with E-state index < -0.39 is 0 Å². The predicted octanol–water partition coefficient (Wildman–Crippen LogP) is 7.44. The van der Waals surface area contributed by atoms with E-state index >= 15 is 0 Å². The van der Waals surface area contributed by atoms with Crippen LogP contribution in [0.4, 0.5) is 0 Å². The van der Waals surface area contributed by atoms with Crippen LogP contribution in [-0.4, -0.2) is 14.2 Å². The molecule has 0 spiro atoms. The van der Waals surface area contributed by atoms with E-state index in [9.17, 15) is 0 Å². The minimum Gasteiger partial charge on any atom is -0.497 e. The topological polar surface area (TPSA) is 36.9 Å². The number of benzene rings is 4. The van der Waals surface area contributed by atoms with Crippen molar-refractivity contribution in [1.29, 1.82) is 0 Å². The minimum absolute atomic E-state index is 0.772. The highest BCUT2D eigenvalue weighted by Crippen LogP contribution is 2.32. The van der Waals surface area contributed by atoms with Gasteiger partial charge in [0.15, 0.2) is 0 Å². The SMILES string of the molecule is COc1ccc(Oc2ccc(Sc3ccc(Oc4ccc(OC)cc4)cc3)cc2)cc1. The Morgan fingerprint density at radius 3 is 0.935 bits per heavy atom. The highest BCUT2D eigenvalue weighted by atomic mass is 32.2. The van der Waals surface area contributed by atoms with Gasteiger partial charge in [0.05, 0.1) is 14.2 Å². The molecule has 0 saturated heterocycles. The van der Waals surface area contributed by atoms with Crippen molar-refractivity contribution < 1.29 is 18.9 Å². The normalized spacial score (nSPS) is 10.4. The van der Waals surface area contributed by atoms with Crippen LogP contribution in [0.25, 0.3) is 0 Å². The molecule has 0 radical (unpaired) electrons. The van der Waals surface area contributed by atoms with Crippen LogP contribution >= 0.6 is 11.8 Å². The molecule has 0 fully saturated rings. The molecule has 0 aliphatic heterocycles. The van der Waals surface area contributed by atoms with Crippen LogP contribution in [0.5, 0.6) is 34.5 Å². The fourth-order valence-corrected chi connectivity index (χ4v) is 3.66. The molecule has 4 nitrogen and oxygen atoms in total. The number of ether oxygens (including phenoxy) is 4. The van der Waals surface area contributed by atoms with Gasteiger partial charge in [0, 0.05) is 9.79 Å². The van der Waals surface area contributed by atoms with E-state index in [1.807, 2.05) is 97.1 Å². The first-order chi connectivity index (χ1) is 15.2. The summed E-state index contributed by atoms with van der Waals surface area (Å²) in [5, 5.41) is 0. The van der Waals surface area contributed by atoms with E-state index in [0.717, 1.165) is 44.3 Å². The Kier molecular flexibility index (Phi) is 6.65. The maximum Gasteiger partial charge on any atom is 0.127 e. The van der Waals surface area contributed by atoms with E-state index in [1.54, 1.807) is 26.0 Å². The van der Waals surface area contributed by atoms with Crippen molar-refractivity contribution in [1.82, 2.24) is 0 Å². The molecule has 4 aromatic rings. The molecule has 0 amide bonds. The second-order valence-electron chi connectivity index (χ2n) is 6.60. The summed E-state index contributed by atoms with van der Waals surface area (Å²) >= 11 is 1.68. The van der Waals surface area contributed by atoms with Gasteiger partial charge in [-0.1, -0.05) is 11.8 Å². The average Bonchev–Trinajstić information content (AvgIpc) is 2.82. The highest BCUT2D eigenvalue weighted by Gasteiger charge is 2.03. The van der Waals surface area contributed by atoms with Crippen LogP contribution in [0.15, 0.2) is 107 Å². The summed E-state index contributed by atoms with van der Waals surface area (Å²) in [4.78, 5) is 2.26. The van der Waals surface area contributed by atoms with E-state index in [-0.39, 0.29) is 0 Å². The second kappa shape index (κ2) is 9.96. The maximum atomic E-state index is 5.88. The molecular formula is C26H22O4S. The Labute approximate surface area is 186 Å². The van der Waals surface area contributed by atoms with Crippen molar-refractivity contribution >= 4 is 11.8 Å². The molecule has 31 heavy (non-hydrogen) atoms. The van der Waals surface area contributed by atoms with Gasteiger partial charge < -0.3 is 18.9 Å². The van der Waals surface area contributed by atoms with Crippen molar-refractivity contribution in [3.8, 4) is 34.5 Å². The van der Waals surface area contributed by atoms with Gasteiger partial charge in [-0.2, -0.15) is 0 Å². The van der Waals surface area contributed by atoms with Gasteiger partial charge in [0.2, 0.25) is 0 Å². The van der Waals surface area contributed by atoms with Gasteiger partial charge >= 0.3 is 0 Å². The minimum atomic E-state index is 0.772. The van der Waals surface area contributed by atoms with Gasteiger partial charge in [0.25, 0.3) is 0 Å². The predicted molar refractivity (Wildman–Crippen MR) is 123 cm³/mol. The summed E-state index contributed by atoms with van der Waals surface area (Å²) in [6.45, 7) is 0. The van der Waals surface area contributed by atoms with Crippen LogP contribution in [-0.2, 0) is 0 Å². The largest absolute Gasteiger partial charge is 0.497 e. The van der Waals surface area contributed by atoms with E-state index in [1.165, 1.54) is 0 Å². The molecular weight excluding hydrogens is 408 g/mol. The van der Waals surface area contributed by atoms with Gasteiger partial charge in [-0.25, -0.2) is 0 Å². The number of rotatable bonds is 8. The summed E-state index contributed by atoms with van der Waals surface area (Å²) < 4.78 is 22.1. The zero-order valence-electron chi connectivity index (χ0n) is 17.3. The zero-order chi connectivity index (χ0) is 21.5. The molecule has 5 heteroatoms. The fourth-order valence-electron chi connectivity index (χ4n) is 2.85. The zero-order valence-corrected chi connectivity index (χ0v) is 18.1. The Balaban J connectivity index is 1.34. The first-order valence-electron chi connectivity index (χ1n) is 9.73. The van der Waals surface area contributed by atoms with E-state index in [4.69, 9.17) is 18.9 Å². The fraction of sp³-hybridized carbons (Fsp3) is 0.0769. The molecule has 4 rings (SSSR count). The van der Waals surface area contributed by atoms with Crippen molar-refractivity contribution in [2.24, 2.45) is 0 Å². The molecule has 0 bridgehead atoms. The van der Waals surface area contributed by atoms with Crippen LogP contribution in [0.2, 0.25) is 0 Å². The van der Waals surface area contributed by atoms with Crippen LogP contribution in [0.3, 0.4) is 0 Å². The number of hydrogen-bond donors (Lipinski definition) is 0. The van der Waals surface area contributed by atoms with E-state index in [2.05, 4.69) is 0 Å². The van der Waals surface area contributed by atoms with Crippen molar-refractivity contribution in [3.63, 3.8) is 0 Å². The first kappa shape index (κ1) is 20.7. The standard InChI is InChI=1S/C26H22O4S/c1-27-19-3-7-21(8-4-19)29-23-11-15-25(16-12-23)31-26-17-13-24(14-18-26)30-22-9-5-20(28-2)6-10-22/h3-18H,1-2H3. The molecule has 0 unspecified atom stereocenters. The number of methoxy groups -OCH3 is 2. The molecule has 0 aliphatic rings. The third-order valence-electron chi connectivity index (χ3n) is 4.47. The summed E-state index contributed by atoms with van der Waals surface area (Å²) in [5.74, 6) is 4.73. The Bertz CT molecular complexity index is 999. The molecule has 0 aromatic heterocycles. The first-order valence-corrected chi connectivity index (χ1v) is 10.6. The Morgan fingerprint density at radius 2 is 0.645 bits per heavy atom. The van der Waals surface area contributed by atoms with E-state index in [0.29, 0.717) is 0 Å². The average molecular weight is 431 g/mol. The lowest BCUT2D eigenvalue weighted by molar-refractivity contribution is 0.412. The molecule has 0 N–H and O–H groups in total. The summed E-state index contributed by atoms with van der Waals surface area (Å²) in [5.41, 5.74) is 0. The van der Waals surface area contributed by atoms with Crippen molar-refractivity contribution in [2.45, 2.75) is 9.79 Å². The van der Waals surface area contributed by atoms with Gasteiger partial charge in [-0.3, -0.25) is 0 Å². The Morgan fingerprint density at radius 1 is 0.387 bits per heavy atom. The monoisotopic (exact) mass is 430 g/mol. The molecule has 156 valence electrons. The lowest BCUT2D eigenvalue weighted by Crippen LogP contribution is -1.86. The molecule has 0 saturated carbocycles. The summed E-state index contributed by atoms with van der Waals surface area (Å²) in [7, 11) is 3.29. The highest BCUT2D eigenvalue weighted by molar-refractivity contribution is 7.99. The summed E-state index contributed by atoms with van der Waals surface area (Å²) in [6.07, 6.45) is 0. The maximum absolute atomic E-state index is 5.88. The third kappa shape index (κ3) is 5.74. The number of hydrogen-bond acceptors (Lipinski definition) is 5. The van der Waals surface area contributed by atoms with Crippen LogP contribution < -0.4 is 18.9 Å². The van der Waals surface area contributed by atoms with Gasteiger partial charge in [0.1, 0.15) is 34.5 Å². The molecule has 0 atom stereocenters. The smallest absolute Gasteiger partial charge is 0.127 e.